The largest absolute Gasteiger partial charge is 0.480 e. The fourth-order valence-corrected chi connectivity index (χ4v) is 3.06. The molecule has 1 aromatic carbocycles. The minimum atomic E-state index is -1.05. The lowest BCUT2D eigenvalue weighted by molar-refractivity contribution is -0.139. The molecule has 4 N–H and O–H groups in total. The first kappa shape index (κ1) is 20.4. The summed E-state index contributed by atoms with van der Waals surface area (Å²) in [5.74, 6) is -1.50. The molecule has 1 unspecified atom stereocenters. The minimum absolute atomic E-state index is 0.00999. The SMILES string of the molecule is CCN(CC(=O)O)C1CC(NC(=O)NCC(O)c2ccc(Cl)c(F)c2)C1. The van der Waals surface area contributed by atoms with Crippen LogP contribution in [0.25, 0.3) is 0 Å². The number of halogens is 2. The first-order chi connectivity index (χ1) is 12.3. The zero-order valence-corrected chi connectivity index (χ0v) is 15.2. The molecule has 0 radical (unpaired) electrons. The van der Waals surface area contributed by atoms with Crippen LogP contribution in [0.1, 0.15) is 31.4 Å². The molecular formula is C17H23ClFN3O4. The maximum atomic E-state index is 13.4. The maximum Gasteiger partial charge on any atom is 0.317 e. The summed E-state index contributed by atoms with van der Waals surface area (Å²) in [6.07, 6.45) is 0.312. The monoisotopic (exact) mass is 387 g/mol. The summed E-state index contributed by atoms with van der Waals surface area (Å²) in [7, 11) is 0. The van der Waals surface area contributed by atoms with Gasteiger partial charge in [0.25, 0.3) is 0 Å². The van der Waals surface area contributed by atoms with Crippen LogP contribution in [0.3, 0.4) is 0 Å². The van der Waals surface area contributed by atoms with Gasteiger partial charge in [0.1, 0.15) is 5.82 Å². The van der Waals surface area contributed by atoms with Crippen LogP contribution in [-0.2, 0) is 4.79 Å². The molecule has 0 aliphatic heterocycles. The Hall–Kier alpha value is -1.90. The molecule has 0 saturated heterocycles. The van der Waals surface area contributed by atoms with Gasteiger partial charge in [-0.3, -0.25) is 9.69 Å². The number of hydrogen-bond donors (Lipinski definition) is 4. The highest BCUT2D eigenvalue weighted by Crippen LogP contribution is 2.25. The predicted octanol–water partition coefficient (Wildman–Crippen LogP) is 1.75. The van der Waals surface area contributed by atoms with E-state index in [9.17, 15) is 19.1 Å². The Morgan fingerprint density at radius 2 is 2.12 bits per heavy atom. The zero-order chi connectivity index (χ0) is 19.3. The van der Waals surface area contributed by atoms with Crippen molar-refractivity contribution in [2.24, 2.45) is 0 Å². The third kappa shape index (κ3) is 5.55. The molecule has 9 heteroatoms. The number of aliphatic carboxylic acids is 1. The number of amides is 2. The third-order valence-corrected chi connectivity index (χ3v) is 4.80. The number of nitrogens with zero attached hydrogens (tertiary/aromatic N) is 1. The van der Waals surface area contributed by atoms with Gasteiger partial charge in [0, 0.05) is 18.6 Å². The van der Waals surface area contributed by atoms with Gasteiger partial charge in [0.05, 0.1) is 17.7 Å². The summed E-state index contributed by atoms with van der Waals surface area (Å²) in [6, 6.07) is 3.65. The Balaban J connectivity index is 1.71. The number of carbonyl (C=O) groups is 2. The van der Waals surface area contributed by atoms with Crippen LogP contribution in [-0.4, -0.2) is 58.8 Å². The van der Waals surface area contributed by atoms with E-state index < -0.39 is 23.9 Å². The van der Waals surface area contributed by atoms with Crippen LogP contribution in [0.4, 0.5) is 9.18 Å². The van der Waals surface area contributed by atoms with Gasteiger partial charge in [0.15, 0.2) is 0 Å². The van der Waals surface area contributed by atoms with Gasteiger partial charge < -0.3 is 20.8 Å². The zero-order valence-electron chi connectivity index (χ0n) is 14.4. The highest BCUT2D eigenvalue weighted by molar-refractivity contribution is 6.30. The van der Waals surface area contributed by atoms with Gasteiger partial charge in [-0.25, -0.2) is 9.18 Å². The second-order valence-corrected chi connectivity index (χ2v) is 6.73. The van der Waals surface area contributed by atoms with Crippen molar-refractivity contribution in [3.05, 3.63) is 34.6 Å². The number of carbonyl (C=O) groups excluding carboxylic acids is 1. The number of benzene rings is 1. The van der Waals surface area contributed by atoms with Gasteiger partial charge in [-0.1, -0.05) is 24.6 Å². The van der Waals surface area contributed by atoms with E-state index in [4.69, 9.17) is 16.7 Å². The van der Waals surface area contributed by atoms with E-state index in [2.05, 4.69) is 10.6 Å². The molecule has 26 heavy (non-hydrogen) atoms. The van der Waals surface area contributed by atoms with Crippen LogP contribution < -0.4 is 10.6 Å². The number of hydrogen-bond acceptors (Lipinski definition) is 4. The molecule has 0 aromatic heterocycles. The predicted molar refractivity (Wildman–Crippen MR) is 94.6 cm³/mol. The molecule has 1 aliphatic rings. The Morgan fingerprint density at radius 1 is 1.42 bits per heavy atom. The molecule has 1 aromatic rings. The molecule has 1 fully saturated rings. The number of rotatable bonds is 8. The number of aliphatic hydroxyl groups is 1. The van der Waals surface area contributed by atoms with Crippen LogP contribution >= 0.6 is 11.6 Å². The quantitative estimate of drug-likeness (QED) is 0.544. The standard InChI is InChI=1S/C17H23ClFN3O4/c1-2-22(9-16(24)25)12-6-11(7-12)21-17(26)20-8-15(23)10-3-4-13(18)14(19)5-10/h3-5,11-12,15,23H,2,6-9H2,1H3,(H,24,25)(H2,20,21,26). The van der Waals surface area contributed by atoms with Gasteiger partial charge in [-0.15, -0.1) is 0 Å². The molecule has 1 aliphatic carbocycles. The summed E-state index contributed by atoms with van der Waals surface area (Å²) in [4.78, 5) is 24.6. The number of carboxylic acids is 1. The molecule has 144 valence electrons. The Kier molecular flexibility index (Phi) is 7.19. The smallest absolute Gasteiger partial charge is 0.317 e. The van der Waals surface area contributed by atoms with Crippen LogP contribution in [0.2, 0.25) is 5.02 Å². The molecule has 0 heterocycles. The van der Waals surface area contributed by atoms with Crippen molar-refractivity contribution in [2.45, 2.75) is 38.0 Å². The van der Waals surface area contributed by atoms with Gasteiger partial charge >= 0.3 is 12.0 Å². The van der Waals surface area contributed by atoms with Crippen molar-refractivity contribution in [1.82, 2.24) is 15.5 Å². The fourth-order valence-electron chi connectivity index (χ4n) is 2.94. The summed E-state index contributed by atoms with van der Waals surface area (Å²) in [6.45, 7) is 2.46. The molecule has 2 rings (SSSR count). The third-order valence-electron chi connectivity index (χ3n) is 4.49. The summed E-state index contributed by atoms with van der Waals surface area (Å²) < 4.78 is 13.4. The van der Waals surface area contributed by atoms with E-state index >= 15 is 0 Å². The second-order valence-electron chi connectivity index (χ2n) is 6.32. The Morgan fingerprint density at radius 3 is 2.69 bits per heavy atom. The second kappa shape index (κ2) is 9.16. The Labute approximate surface area is 156 Å². The van der Waals surface area contributed by atoms with Crippen molar-refractivity contribution >= 4 is 23.6 Å². The maximum absolute atomic E-state index is 13.4. The highest BCUT2D eigenvalue weighted by Gasteiger charge is 2.34. The van der Waals surface area contributed by atoms with E-state index in [1.54, 1.807) is 0 Å². The average molecular weight is 388 g/mol. The molecule has 0 spiro atoms. The highest BCUT2D eigenvalue weighted by atomic mass is 35.5. The Bertz CT molecular complexity index is 655. The van der Waals surface area contributed by atoms with Crippen molar-refractivity contribution in [2.75, 3.05) is 19.6 Å². The number of carboxylic acid groups (broad SMARTS) is 1. The van der Waals surface area contributed by atoms with Crippen LogP contribution in [0, 0.1) is 5.82 Å². The van der Waals surface area contributed by atoms with Crippen molar-refractivity contribution < 1.29 is 24.2 Å². The first-order valence-corrected chi connectivity index (χ1v) is 8.81. The lowest BCUT2D eigenvalue weighted by Gasteiger charge is -2.42. The summed E-state index contributed by atoms with van der Waals surface area (Å²) >= 11 is 5.59. The molecular weight excluding hydrogens is 365 g/mol. The number of likely N-dealkylation sites (N-methyl/N-ethyl adjacent to an activating group) is 1. The van der Waals surface area contributed by atoms with Gasteiger partial charge in [0.2, 0.25) is 0 Å². The molecule has 1 saturated carbocycles. The number of nitrogens with one attached hydrogen (secondary N) is 2. The number of aliphatic hydroxyl groups excluding tert-OH is 1. The fraction of sp³-hybridized carbons (Fsp3) is 0.529. The first-order valence-electron chi connectivity index (χ1n) is 8.43. The topological polar surface area (TPSA) is 102 Å². The van der Waals surface area contributed by atoms with Gasteiger partial charge in [-0.2, -0.15) is 0 Å². The lowest BCUT2D eigenvalue weighted by atomic mass is 9.85. The average Bonchev–Trinajstić information content (AvgIpc) is 2.56. The van der Waals surface area contributed by atoms with Crippen LogP contribution in [0.15, 0.2) is 18.2 Å². The van der Waals surface area contributed by atoms with E-state index in [0.717, 1.165) is 6.07 Å². The molecule has 7 nitrogen and oxygen atoms in total. The van der Waals surface area contributed by atoms with E-state index in [1.165, 1.54) is 12.1 Å². The normalized spacial score (nSPS) is 20.3. The van der Waals surface area contributed by atoms with E-state index in [-0.39, 0.29) is 30.2 Å². The van der Waals surface area contributed by atoms with E-state index in [0.29, 0.717) is 24.9 Å². The molecule has 2 amide bonds. The van der Waals surface area contributed by atoms with Crippen molar-refractivity contribution in [1.29, 1.82) is 0 Å². The van der Waals surface area contributed by atoms with E-state index in [1.807, 2.05) is 11.8 Å². The number of urea groups is 1. The van der Waals surface area contributed by atoms with Crippen molar-refractivity contribution in [3.8, 4) is 0 Å². The molecule has 0 bridgehead atoms. The lowest BCUT2D eigenvalue weighted by Crippen LogP contribution is -2.56. The minimum Gasteiger partial charge on any atom is -0.480 e. The van der Waals surface area contributed by atoms with Gasteiger partial charge in [-0.05, 0) is 37.1 Å². The summed E-state index contributed by atoms with van der Waals surface area (Å²) in [5.41, 5.74) is 0.322. The van der Waals surface area contributed by atoms with Crippen molar-refractivity contribution in [3.63, 3.8) is 0 Å². The summed E-state index contributed by atoms with van der Waals surface area (Å²) in [5, 5.41) is 24.2. The van der Waals surface area contributed by atoms with Crippen LogP contribution in [0.5, 0.6) is 0 Å². The molecule has 1 atom stereocenters.